The van der Waals surface area contributed by atoms with E-state index in [0.717, 1.165) is 13.0 Å². The van der Waals surface area contributed by atoms with E-state index >= 15 is 0 Å². The van der Waals surface area contributed by atoms with Gasteiger partial charge in [0.25, 0.3) is 0 Å². The lowest BCUT2D eigenvalue weighted by atomic mass is 10.3. The summed E-state index contributed by atoms with van der Waals surface area (Å²) in [6, 6.07) is 7.87. The fraction of sp³-hybridized carbons (Fsp3) is 0.273. The molecule has 0 spiro atoms. The molecular weight excluding hydrogens is 188 g/mol. The van der Waals surface area contributed by atoms with Crippen LogP contribution in [0, 0.1) is 11.3 Å². The Hall–Kier alpha value is -2.02. The zero-order valence-electron chi connectivity index (χ0n) is 8.59. The summed E-state index contributed by atoms with van der Waals surface area (Å²) in [4.78, 5) is 0. The van der Waals surface area contributed by atoms with E-state index in [1.165, 1.54) is 5.69 Å². The lowest BCUT2D eigenvalue weighted by Gasteiger charge is -2.04. The van der Waals surface area contributed by atoms with Gasteiger partial charge in [0.1, 0.15) is 11.8 Å². The predicted octanol–water partition coefficient (Wildman–Crippen LogP) is 1.34. The monoisotopic (exact) mass is 200 g/mol. The third-order valence-electron chi connectivity index (χ3n) is 2.48. The van der Waals surface area contributed by atoms with Gasteiger partial charge in [-0.05, 0) is 18.2 Å². The maximum atomic E-state index is 8.83. The van der Waals surface area contributed by atoms with Gasteiger partial charge in [-0.2, -0.15) is 10.4 Å². The minimum atomic E-state index is 0.706. The second-order valence-corrected chi connectivity index (χ2v) is 3.39. The molecule has 0 aliphatic carbocycles. The summed E-state index contributed by atoms with van der Waals surface area (Å²) in [5.41, 5.74) is 1.88. The van der Waals surface area contributed by atoms with E-state index in [2.05, 4.69) is 11.2 Å². The molecule has 2 rings (SSSR count). The van der Waals surface area contributed by atoms with Crippen molar-refractivity contribution < 1.29 is 0 Å². The maximum absolute atomic E-state index is 8.83. The number of hydrogen-bond donors (Lipinski definition) is 0. The van der Waals surface area contributed by atoms with Crippen LogP contribution >= 0.6 is 0 Å². The summed E-state index contributed by atoms with van der Waals surface area (Å²) in [6.45, 7) is 0.815. The van der Waals surface area contributed by atoms with Crippen molar-refractivity contribution in [2.24, 2.45) is 7.05 Å². The zero-order valence-corrected chi connectivity index (χ0v) is 8.59. The van der Waals surface area contributed by atoms with Crippen molar-refractivity contribution in [2.45, 2.75) is 13.0 Å². The molecule has 2 aromatic heterocycles. The first-order chi connectivity index (χ1) is 7.31. The second-order valence-electron chi connectivity index (χ2n) is 3.39. The molecule has 0 unspecified atom stereocenters. The van der Waals surface area contributed by atoms with Crippen LogP contribution in [-0.4, -0.2) is 14.3 Å². The van der Waals surface area contributed by atoms with Gasteiger partial charge < -0.3 is 4.57 Å². The van der Waals surface area contributed by atoms with Crippen LogP contribution in [0.1, 0.15) is 11.4 Å². The molecule has 0 amide bonds. The van der Waals surface area contributed by atoms with Crippen molar-refractivity contribution in [1.82, 2.24) is 14.3 Å². The lowest BCUT2D eigenvalue weighted by molar-refractivity contribution is 0.635. The molecule has 76 valence electrons. The van der Waals surface area contributed by atoms with Gasteiger partial charge in [0.15, 0.2) is 0 Å². The molecule has 0 aliphatic heterocycles. The first kappa shape index (κ1) is 9.53. The SMILES string of the molecule is Cn1nccc1CCn1cccc1C#N. The predicted molar refractivity (Wildman–Crippen MR) is 56.1 cm³/mol. The van der Waals surface area contributed by atoms with Crippen LogP contribution in [-0.2, 0) is 20.0 Å². The van der Waals surface area contributed by atoms with Crippen LogP contribution in [0.5, 0.6) is 0 Å². The van der Waals surface area contributed by atoms with Gasteiger partial charge in [0, 0.05) is 38.1 Å². The van der Waals surface area contributed by atoms with Crippen molar-refractivity contribution in [3.05, 3.63) is 42.0 Å². The minimum Gasteiger partial charge on any atom is -0.339 e. The summed E-state index contributed by atoms with van der Waals surface area (Å²) in [7, 11) is 1.93. The summed E-state index contributed by atoms with van der Waals surface area (Å²) >= 11 is 0. The summed E-state index contributed by atoms with van der Waals surface area (Å²) in [6.07, 6.45) is 4.60. The largest absolute Gasteiger partial charge is 0.339 e. The molecule has 0 aromatic carbocycles. The van der Waals surface area contributed by atoms with Gasteiger partial charge >= 0.3 is 0 Å². The Bertz CT molecular complexity index is 487. The highest BCUT2D eigenvalue weighted by atomic mass is 15.3. The topological polar surface area (TPSA) is 46.5 Å². The van der Waals surface area contributed by atoms with E-state index in [1.54, 1.807) is 6.20 Å². The fourth-order valence-electron chi connectivity index (χ4n) is 1.59. The van der Waals surface area contributed by atoms with Crippen LogP contribution < -0.4 is 0 Å². The van der Waals surface area contributed by atoms with Crippen molar-refractivity contribution in [3.63, 3.8) is 0 Å². The highest BCUT2D eigenvalue weighted by molar-refractivity contribution is 5.22. The highest BCUT2D eigenvalue weighted by Crippen LogP contribution is 2.04. The normalized spacial score (nSPS) is 10.1. The zero-order chi connectivity index (χ0) is 10.7. The molecule has 4 heteroatoms. The number of rotatable bonds is 3. The summed E-state index contributed by atoms with van der Waals surface area (Å²) in [5, 5.41) is 12.9. The van der Waals surface area contributed by atoms with Crippen molar-refractivity contribution in [3.8, 4) is 6.07 Å². The molecule has 0 atom stereocenters. The molecule has 0 fully saturated rings. The number of nitrogens with zero attached hydrogens (tertiary/aromatic N) is 4. The average Bonchev–Trinajstić information content (AvgIpc) is 2.83. The van der Waals surface area contributed by atoms with Gasteiger partial charge in [0.05, 0.1) is 0 Å². The smallest absolute Gasteiger partial charge is 0.120 e. The molecule has 2 heterocycles. The van der Waals surface area contributed by atoms with Crippen molar-refractivity contribution >= 4 is 0 Å². The van der Waals surface area contributed by atoms with E-state index in [0.29, 0.717) is 5.69 Å². The van der Waals surface area contributed by atoms with Crippen molar-refractivity contribution in [2.75, 3.05) is 0 Å². The molecule has 0 bridgehead atoms. The quantitative estimate of drug-likeness (QED) is 0.750. The van der Waals surface area contributed by atoms with Gasteiger partial charge in [-0.25, -0.2) is 0 Å². The van der Waals surface area contributed by atoms with Gasteiger partial charge in [-0.3, -0.25) is 4.68 Å². The Labute approximate surface area is 88.4 Å². The second kappa shape index (κ2) is 4.01. The minimum absolute atomic E-state index is 0.706. The Kier molecular flexibility index (Phi) is 2.55. The van der Waals surface area contributed by atoms with Gasteiger partial charge in [-0.15, -0.1) is 0 Å². The van der Waals surface area contributed by atoms with Crippen LogP contribution in [0.2, 0.25) is 0 Å². The Balaban J connectivity index is 2.06. The Morgan fingerprint density at radius 1 is 1.47 bits per heavy atom. The number of hydrogen-bond acceptors (Lipinski definition) is 2. The highest BCUT2D eigenvalue weighted by Gasteiger charge is 2.01. The number of aromatic nitrogens is 3. The van der Waals surface area contributed by atoms with E-state index < -0.39 is 0 Å². The first-order valence-corrected chi connectivity index (χ1v) is 4.83. The third-order valence-corrected chi connectivity index (χ3v) is 2.48. The molecule has 2 aromatic rings. The first-order valence-electron chi connectivity index (χ1n) is 4.83. The van der Waals surface area contributed by atoms with Crippen LogP contribution in [0.4, 0.5) is 0 Å². The summed E-state index contributed by atoms with van der Waals surface area (Å²) in [5.74, 6) is 0. The van der Waals surface area contributed by atoms with Gasteiger partial charge in [0.2, 0.25) is 0 Å². The third kappa shape index (κ3) is 1.91. The molecule has 0 aliphatic rings. The number of nitriles is 1. The molecule has 15 heavy (non-hydrogen) atoms. The molecule has 0 radical (unpaired) electrons. The van der Waals surface area contributed by atoms with E-state index in [1.807, 2.05) is 40.7 Å². The maximum Gasteiger partial charge on any atom is 0.120 e. The van der Waals surface area contributed by atoms with E-state index in [9.17, 15) is 0 Å². The van der Waals surface area contributed by atoms with Crippen LogP contribution in [0.25, 0.3) is 0 Å². The fourth-order valence-corrected chi connectivity index (χ4v) is 1.59. The molecular formula is C11H12N4. The van der Waals surface area contributed by atoms with Crippen LogP contribution in [0.15, 0.2) is 30.6 Å². The van der Waals surface area contributed by atoms with E-state index in [4.69, 9.17) is 5.26 Å². The lowest BCUT2D eigenvalue weighted by Crippen LogP contribution is -2.05. The number of aryl methyl sites for hydroxylation is 3. The Morgan fingerprint density at radius 2 is 2.33 bits per heavy atom. The standard InChI is InChI=1S/C11H12N4/c1-14-10(4-6-13-14)5-8-15-7-2-3-11(15)9-12/h2-4,6-7H,5,8H2,1H3. The van der Waals surface area contributed by atoms with Crippen LogP contribution in [0.3, 0.4) is 0 Å². The molecule has 4 nitrogen and oxygen atoms in total. The van der Waals surface area contributed by atoms with Gasteiger partial charge in [-0.1, -0.05) is 0 Å². The molecule has 0 saturated heterocycles. The molecule has 0 N–H and O–H groups in total. The molecule has 0 saturated carbocycles. The van der Waals surface area contributed by atoms with E-state index in [-0.39, 0.29) is 0 Å². The average molecular weight is 200 g/mol. The Morgan fingerprint density at radius 3 is 3.00 bits per heavy atom. The summed E-state index contributed by atoms with van der Waals surface area (Å²) < 4.78 is 3.81. The van der Waals surface area contributed by atoms with Crippen molar-refractivity contribution in [1.29, 1.82) is 5.26 Å².